The van der Waals surface area contributed by atoms with Crippen molar-refractivity contribution in [3.8, 4) is 0 Å². The Bertz CT molecular complexity index is 669. The van der Waals surface area contributed by atoms with Gasteiger partial charge in [-0.25, -0.2) is 13.6 Å². The first-order chi connectivity index (χ1) is 9.38. The lowest BCUT2D eigenvalue weighted by Crippen LogP contribution is -2.06. The molecule has 0 aliphatic heterocycles. The van der Waals surface area contributed by atoms with Crippen LogP contribution in [0.4, 0.5) is 25.8 Å². The van der Waals surface area contributed by atoms with E-state index in [-0.39, 0.29) is 21.4 Å². The number of rotatable bonds is 3. The van der Waals surface area contributed by atoms with E-state index in [0.29, 0.717) is 0 Å². The Morgan fingerprint density at radius 3 is 2.35 bits per heavy atom. The molecule has 2 rings (SSSR count). The van der Waals surface area contributed by atoms with Crippen LogP contribution in [0.15, 0.2) is 34.8 Å². The summed E-state index contributed by atoms with van der Waals surface area (Å²) >= 11 is 2.96. The zero-order chi connectivity index (χ0) is 14.9. The molecule has 0 saturated carbocycles. The third kappa shape index (κ3) is 2.88. The van der Waals surface area contributed by atoms with Crippen molar-refractivity contribution in [3.05, 3.63) is 52.0 Å². The van der Waals surface area contributed by atoms with E-state index in [1.54, 1.807) is 0 Å². The van der Waals surface area contributed by atoms with Crippen LogP contribution in [0.3, 0.4) is 0 Å². The SMILES string of the molecule is Nc1ccc(Nc2c(F)cc(Br)cc2F)c(C(=O)O)c1. The summed E-state index contributed by atoms with van der Waals surface area (Å²) in [5, 5.41) is 11.5. The molecule has 7 heteroatoms. The number of benzene rings is 2. The van der Waals surface area contributed by atoms with Crippen molar-refractivity contribution in [3.63, 3.8) is 0 Å². The molecule has 0 amide bonds. The fraction of sp³-hybridized carbons (Fsp3) is 0. The number of nitrogen functional groups attached to an aromatic ring is 1. The highest BCUT2D eigenvalue weighted by Gasteiger charge is 2.15. The molecule has 20 heavy (non-hydrogen) atoms. The van der Waals surface area contributed by atoms with Gasteiger partial charge in [0.1, 0.15) is 5.69 Å². The van der Waals surface area contributed by atoms with Crippen LogP contribution in [-0.4, -0.2) is 11.1 Å². The number of nitrogens with one attached hydrogen (secondary N) is 1. The minimum atomic E-state index is -1.25. The molecule has 0 heterocycles. The quantitative estimate of drug-likeness (QED) is 0.742. The number of nitrogens with two attached hydrogens (primary N) is 1. The van der Waals surface area contributed by atoms with Crippen LogP contribution in [0.2, 0.25) is 0 Å². The van der Waals surface area contributed by atoms with Crippen molar-refractivity contribution in [1.29, 1.82) is 0 Å². The van der Waals surface area contributed by atoms with Gasteiger partial charge >= 0.3 is 5.97 Å². The smallest absolute Gasteiger partial charge is 0.337 e. The molecule has 0 radical (unpaired) electrons. The highest BCUT2D eigenvalue weighted by molar-refractivity contribution is 9.10. The lowest BCUT2D eigenvalue weighted by Gasteiger charge is -2.12. The van der Waals surface area contributed by atoms with E-state index in [0.717, 1.165) is 12.1 Å². The van der Waals surface area contributed by atoms with Crippen molar-refractivity contribution in [2.45, 2.75) is 0 Å². The fourth-order valence-corrected chi connectivity index (χ4v) is 2.05. The molecule has 4 nitrogen and oxygen atoms in total. The number of hydrogen-bond donors (Lipinski definition) is 3. The Balaban J connectivity index is 2.48. The Kier molecular flexibility index (Phi) is 3.89. The molecule has 0 unspecified atom stereocenters. The van der Waals surface area contributed by atoms with E-state index in [2.05, 4.69) is 21.2 Å². The van der Waals surface area contributed by atoms with Crippen LogP contribution < -0.4 is 11.1 Å². The zero-order valence-electron chi connectivity index (χ0n) is 9.95. The second kappa shape index (κ2) is 5.46. The summed E-state index contributed by atoms with van der Waals surface area (Å²) in [5.41, 5.74) is 5.18. The average molecular weight is 343 g/mol. The van der Waals surface area contributed by atoms with Gasteiger partial charge in [-0.05, 0) is 30.3 Å². The maximum absolute atomic E-state index is 13.7. The largest absolute Gasteiger partial charge is 0.478 e. The van der Waals surface area contributed by atoms with Gasteiger partial charge in [0.25, 0.3) is 0 Å². The highest BCUT2D eigenvalue weighted by atomic mass is 79.9. The second-order valence-electron chi connectivity index (χ2n) is 3.98. The van der Waals surface area contributed by atoms with E-state index in [9.17, 15) is 13.6 Å². The number of carbonyl (C=O) groups is 1. The minimum Gasteiger partial charge on any atom is -0.478 e. The van der Waals surface area contributed by atoms with Gasteiger partial charge in [0, 0.05) is 10.2 Å². The molecular weight excluding hydrogens is 334 g/mol. The number of anilines is 3. The Labute approximate surface area is 121 Å². The molecule has 0 spiro atoms. The van der Waals surface area contributed by atoms with Gasteiger partial charge in [-0.2, -0.15) is 0 Å². The summed E-state index contributed by atoms with van der Waals surface area (Å²) in [7, 11) is 0. The highest BCUT2D eigenvalue weighted by Crippen LogP contribution is 2.29. The molecule has 0 fully saturated rings. The maximum atomic E-state index is 13.7. The number of carboxylic acid groups (broad SMARTS) is 1. The van der Waals surface area contributed by atoms with E-state index in [4.69, 9.17) is 10.8 Å². The van der Waals surface area contributed by atoms with Crippen LogP contribution in [0, 0.1) is 11.6 Å². The van der Waals surface area contributed by atoms with Crippen LogP contribution >= 0.6 is 15.9 Å². The van der Waals surface area contributed by atoms with Crippen molar-refractivity contribution in [1.82, 2.24) is 0 Å². The Hall–Kier alpha value is -2.15. The molecule has 0 bridgehead atoms. The van der Waals surface area contributed by atoms with Gasteiger partial charge in [0.2, 0.25) is 0 Å². The first-order valence-corrected chi connectivity index (χ1v) is 6.22. The lowest BCUT2D eigenvalue weighted by molar-refractivity contribution is 0.0698. The van der Waals surface area contributed by atoms with Gasteiger partial charge in [-0.15, -0.1) is 0 Å². The fourth-order valence-electron chi connectivity index (χ4n) is 1.64. The molecule has 2 aromatic carbocycles. The lowest BCUT2D eigenvalue weighted by atomic mass is 10.1. The normalized spacial score (nSPS) is 10.3. The molecule has 0 aromatic heterocycles. The van der Waals surface area contributed by atoms with Crippen molar-refractivity contribution in [2.24, 2.45) is 0 Å². The molecule has 0 atom stereocenters. The van der Waals surface area contributed by atoms with Gasteiger partial charge in [0.15, 0.2) is 11.6 Å². The summed E-state index contributed by atoms with van der Waals surface area (Å²) in [5.74, 6) is -2.94. The van der Waals surface area contributed by atoms with Crippen LogP contribution in [0.1, 0.15) is 10.4 Å². The second-order valence-corrected chi connectivity index (χ2v) is 4.90. The predicted octanol–water partition coefficient (Wildman–Crippen LogP) is 3.75. The standard InChI is InChI=1S/C13H9BrF2N2O2/c14-6-3-9(15)12(10(16)4-6)18-11-2-1-7(17)5-8(11)13(19)20/h1-5,18H,17H2,(H,19,20). The van der Waals surface area contributed by atoms with E-state index in [1.807, 2.05) is 0 Å². The average Bonchev–Trinajstić information content (AvgIpc) is 2.34. The molecule has 4 N–H and O–H groups in total. The Morgan fingerprint density at radius 1 is 1.20 bits per heavy atom. The first-order valence-electron chi connectivity index (χ1n) is 5.43. The van der Waals surface area contributed by atoms with Gasteiger partial charge in [-0.1, -0.05) is 15.9 Å². The van der Waals surface area contributed by atoms with Crippen molar-refractivity contribution >= 4 is 39.0 Å². The van der Waals surface area contributed by atoms with E-state index < -0.39 is 23.3 Å². The molecule has 104 valence electrons. The number of halogens is 3. The summed E-state index contributed by atoms with van der Waals surface area (Å²) in [6, 6.07) is 6.13. The van der Waals surface area contributed by atoms with E-state index in [1.165, 1.54) is 18.2 Å². The van der Waals surface area contributed by atoms with Crippen LogP contribution in [0.25, 0.3) is 0 Å². The van der Waals surface area contributed by atoms with Crippen molar-refractivity contribution < 1.29 is 18.7 Å². The molecule has 0 saturated heterocycles. The molecule has 0 aliphatic rings. The molecule has 0 aliphatic carbocycles. The number of aromatic carboxylic acids is 1. The summed E-state index contributed by atoms with van der Waals surface area (Å²) < 4.78 is 27.7. The van der Waals surface area contributed by atoms with Gasteiger partial charge in [-0.3, -0.25) is 0 Å². The third-order valence-electron chi connectivity index (χ3n) is 2.54. The Morgan fingerprint density at radius 2 is 1.80 bits per heavy atom. The third-order valence-corrected chi connectivity index (χ3v) is 3.00. The first kappa shape index (κ1) is 14.3. The van der Waals surface area contributed by atoms with Crippen molar-refractivity contribution in [2.75, 3.05) is 11.1 Å². The summed E-state index contributed by atoms with van der Waals surface area (Å²) in [6.07, 6.45) is 0. The maximum Gasteiger partial charge on any atom is 0.337 e. The number of hydrogen-bond acceptors (Lipinski definition) is 3. The summed E-state index contributed by atoms with van der Waals surface area (Å²) in [6.45, 7) is 0. The minimum absolute atomic E-state index is 0.0480. The van der Waals surface area contributed by atoms with Crippen LogP contribution in [-0.2, 0) is 0 Å². The van der Waals surface area contributed by atoms with Gasteiger partial charge < -0.3 is 16.2 Å². The molecule has 2 aromatic rings. The van der Waals surface area contributed by atoms with Gasteiger partial charge in [0.05, 0.1) is 11.3 Å². The van der Waals surface area contributed by atoms with E-state index >= 15 is 0 Å². The topological polar surface area (TPSA) is 75.3 Å². The summed E-state index contributed by atoms with van der Waals surface area (Å²) in [4.78, 5) is 11.1. The monoisotopic (exact) mass is 342 g/mol. The predicted molar refractivity (Wildman–Crippen MR) is 75.2 cm³/mol. The number of carboxylic acids is 1. The van der Waals surface area contributed by atoms with Crippen LogP contribution in [0.5, 0.6) is 0 Å². The molecular formula is C13H9BrF2N2O2. The zero-order valence-corrected chi connectivity index (χ0v) is 11.5.